The summed E-state index contributed by atoms with van der Waals surface area (Å²) in [5.41, 5.74) is 1.50. The van der Waals surface area contributed by atoms with Crippen LogP contribution in [0.4, 0.5) is 5.69 Å². The van der Waals surface area contributed by atoms with Gasteiger partial charge >= 0.3 is 0 Å². The van der Waals surface area contributed by atoms with Gasteiger partial charge in [0.05, 0.1) is 38.9 Å². The van der Waals surface area contributed by atoms with Gasteiger partial charge in [-0.3, -0.25) is 9.59 Å². The highest BCUT2D eigenvalue weighted by Crippen LogP contribution is 2.29. The fourth-order valence-electron chi connectivity index (χ4n) is 2.65. The molecule has 156 valence electrons. The van der Waals surface area contributed by atoms with Crippen LogP contribution in [-0.4, -0.2) is 44.6 Å². The lowest BCUT2D eigenvalue weighted by Gasteiger charge is -2.18. The maximum atomic E-state index is 12.2. The van der Waals surface area contributed by atoms with Gasteiger partial charge in [-0.1, -0.05) is 0 Å². The quantitative estimate of drug-likeness (QED) is 0.616. The Morgan fingerprint density at radius 3 is 2.14 bits per heavy atom. The Bertz CT molecular complexity index is 826. The second-order valence-electron chi connectivity index (χ2n) is 6.17. The number of nitrogens with one attached hydrogen (secondary N) is 2. The van der Waals surface area contributed by atoms with Gasteiger partial charge in [0.15, 0.2) is 0 Å². The van der Waals surface area contributed by atoms with Crippen LogP contribution in [-0.2, 0) is 9.59 Å². The minimum Gasteiger partial charge on any atom is -0.497 e. The molecule has 0 aliphatic rings. The highest BCUT2D eigenvalue weighted by molar-refractivity contribution is 8.00. The molecular formula is C21H26N2O5S. The van der Waals surface area contributed by atoms with Gasteiger partial charge in [-0.25, -0.2) is 0 Å². The molecule has 0 heterocycles. The summed E-state index contributed by atoms with van der Waals surface area (Å²) >= 11 is 1.25. The summed E-state index contributed by atoms with van der Waals surface area (Å²) in [6, 6.07) is 12.2. The van der Waals surface area contributed by atoms with Crippen molar-refractivity contribution in [2.75, 3.05) is 38.2 Å². The molecule has 2 rings (SSSR count). The summed E-state index contributed by atoms with van der Waals surface area (Å²) in [5, 5.41) is 5.70. The third-order valence-corrected chi connectivity index (χ3v) is 5.05. The molecule has 2 amide bonds. The Kier molecular flexibility index (Phi) is 8.67. The van der Waals surface area contributed by atoms with Crippen molar-refractivity contribution < 1.29 is 23.8 Å². The number of benzene rings is 2. The van der Waals surface area contributed by atoms with Gasteiger partial charge in [-0.15, -0.1) is 11.8 Å². The van der Waals surface area contributed by atoms with E-state index in [2.05, 4.69) is 10.6 Å². The van der Waals surface area contributed by atoms with E-state index in [1.807, 2.05) is 13.0 Å². The van der Waals surface area contributed by atoms with Crippen LogP contribution in [0.15, 0.2) is 42.5 Å². The number of amides is 2. The van der Waals surface area contributed by atoms with Gasteiger partial charge in [0.1, 0.15) is 17.2 Å². The van der Waals surface area contributed by atoms with Crippen LogP contribution in [0.1, 0.15) is 18.5 Å². The Hall–Kier alpha value is -2.87. The van der Waals surface area contributed by atoms with Crippen LogP contribution < -0.4 is 24.8 Å². The van der Waals surface area contributed by atoms with E-state index < -0.39 is 0 Å². The summed E-state index contributed by atoms with van der Waals surface area (Å²) in [5.74, 6) is 2.09. The number of ether oxygens (including phenoxy) is 3. The molecule has 0 saturated heterocycles. The standard InChI is InChI=1S/C21H26N2O5S/c1-14(18-11-17(27-3)9-10-19(18)28-4)22-20(24)12-29-13-21(25)23-15-5-7-16(26-2)8-6-15/h5-11,14H,12-13H2,1-4H3,(H,22,24)(H,23,25)/t14-/m0/s1. The minimum absolute atomic E-state index is 0.162. The van der Waals surface area contributed by atoms with Gasteiger partial charge in [0, 0.05) is 11.3 Å². The average molecular weight is 419 g/mol. The third-order valence-electron chi connectivity index (χ3n) is 4.12. The SMILES string of the molecule is COc1ccc(NC(=O)CSCC(=O)N[C@@H](C)c2cc(OC)ccc2OC)cc1. The fourth-order valence-corrected chi connectivity index (χ4v) is 3.27. The number of rotatable bonds is 10. The molecule has 2 aromatic carbocycles. The first-order chi connectivity index (χ1) is 14.0. The maximum Gasteiger partial charge on any atom is 0.234 e. The molecule has 0 spiro atoms. The molecule has 0 fully saturated rings. The summed E-state index contributed by atoms with van der Waals surface area (Å²) in [6.45, 7) is 1.87. The summed E-state index contributed by atoms with van der Waals surface area (Å²) in [4.78, 5) is 24.3. The molecule has 0 aromatic heterocycles. The number of hydrogen-bond donors (Lipinski definition) is 2. The molecule has 8 heteroatoms. The molecule has 1 atom stereocenters. The Morgan fingerprint density at radius 1 is 0.897 bits per heavy atom. The van der Waals surface area contributed by atoms with E-state index in [9.17, 15) is 9.59 Å². The zero-order chi connectivity index (χ0) is 21.2. The van der Waals surface area contributed by atoms with Crippen molar-refractivity contribution in [2.45, 2.75) is 13.0 Å². The van der Waals surface area contributed by atoms with Crippen LogP contribution in [0.25, 0.3) is 0 Å². The molecule has 0 radical (unpaired) electrons. The topological polar surface area (TPSA) is 85.9 Å². The molecule has 0 aliphatic carbocycles. The Labute approximate surface area is 175 Å². The highest BCUT2D eigenvalue weighted by Gasteiger charge is 2.15. The zero-order valence-electron chi connectivity index (χ0n) is 17.0. The van der Waals surface area contributed by atoms with Crippen LogP contribution >= 0.6 is 11.8 Å². The molecule has 0 aliphatic heterocycles. The minimum atomic E-state index is -0.263. The lowest BCUT2D eigenvalue weighted by Crippen LogP contribution is -2.29. The van der Waals surface area contributed by atoms with Crippen molar-refractivity contribution >= 4 is 29.3 Å². The van der Waals surface area contributed by atoms with Gasteiger partial charge in [0.2, 0.25) is 11.8 Å². The second-order valence-corrected chi connectivity index (χ2v) is 7.15. The van der Waals surface area contributed by atoms with Crippen LogP contribution in [0.5, 0.6) is 17.2 Å². The molecular weight excluding hydrogens is 392 g/mol. The maximum absolute atomic E-state index is 12.2. The largest absolute Gasteiger partial charge is 0.497 e. The number of anilines is 1. The number of methoxy groups -OCH3 is 3. The van der Waals surface area contributed by atoms with E-state index in [-0.39, 0.29) is 29.4 Å². The Balaban J connectivity index is 1.79. The van der Waals surface area contributed by atoms with Crippen LogP contribution in [0.3, 0.4) is 0 Å². The van der Waals surface area contributed by atoms with E-state index in [0.29, 0.717) is 17.2 Å². The predicted molar refractivity (Wildman–Crippen MR) is 115 cm³/mol. The first kappa shape index (κ1) is 22.4. The van der Waals surface area contributed by atoms with Crippen molar-refractivity contribution in [3.8, 4) is 17.2 Å². The van der Waals surface area contributed by atoms with Crippen molar-refractivity contribution in [1.82, 2.24) is 5.32 Å². The van der Waals surface area contributed by atoms with E-state index in [0.717, 1.165) is 11.3 Å². The van der Waals surface area contributed by atoms with Crippen LogP contribution in [0, 0.1) is 0 Å². The number of hydrogen-bond acceptors (Lipinski definition) is 6. The van der Waals surface area contributed by atoms with Gasteiger partial charge in [-0.2, -0.15) is 0 Å². The predicted octanol–water partition coefficient (Wildman–Crippen LogP) is 3.26. The summed E-state index contributed by atoms with van der Waals surface area (Å²) in [7, 11) is 4.75. The van der Waals surface area contributed by atoms with E-state index >= 15 is 0 Å². The number of carbonyl (C=O) groups is 2. The van der Waals surface area contributed by atoms with Crippen molar-refractivity contribution in [3.05, 3.63) is 48.0 Å². The van der Waals surface area contributed by atoms with Gasteiger partial charge in [0.25, 0.3) is 0 Å². The van der Waals surface area contributed by atoms with Crippen molar-refractivity contribution in [1.29, 1.82) is 0 Å². The first-order valence-electron chi connectivity index (χ1n) is 8.99. The lowest BCUT2D eigenvalue weighted by atomic mass is 10.1. The van der Waals surface area contributed by atoms with Crippen LogP contribution in [0.2, 0.25) is 0 Å². The summed E-state index contributed by atoms with van der Waals surface area (Å²) < 4.78 is 15.7. The fraction of sp³-hybridized carbons (Fsp3) is 0.333. The molecule has 2 aromatic rings. The van der Waals surface area contributed by atoms with E-state index in [4.69, 9.17) is 14.2 Å². The molecule has 0 unspecified atom stereocenters. The second kappa shape index (κ2) is 11.2. The molecule has 0 bridgehead atoms. The first-order valence-corrected chi connectivity index (χ1v) is 10.1. The Morgan fingerprint density at radius 2 is 1.52 bits per heavy atom. The smallest absolute Gasteiger partial charge is 0.234 e. The van der Waals surface area contributed by atoms with Crippen molar-refractivity contribution in [2.24, 2.45) is 0 Å². The molecule has 0 saturated carbocycles. The van der Waals surface area contributed by atoms with Crippen molar-refractivity contribution in [3.63, 3.8) is 0 Å². The molecule has 7 nitrogen and oxygen atoms in total. The lowest BCUT2D eigenvalue weighted by molar-refractivity contribution is -0.119. The van der Waals surface area contributed by atoms with E-state index in [1.165, 1.54) is 11.8 Å². The van der Waals surface area contributed by atoms with E-state index in [1.54, 1.807) is 57.7 Å². The average Bonchev–Trinajstić information content (AvgIpc) is 2.73. The highest BCUT2D eigenvalue weighted by atomic mass is 32.2. The van der Waals surface area contributed by atoms with Gasteiger partial charge < -0.3 is 24.8 Å². The third kappa shape index (κ3) is 6.90. The van der Waals surface area contributed by atoms with Gasteiger partial charge in [-0.05, 0) is 49.4 Å². The molecule has 2 N–H and O–H groups in total. The zero-order valence-corrected chi connectivity index (χ0v) is 17.8. The molecule has 29 heavy (non-hydrogen) atoms. The monoisotopic (exact) mass is 418 g/mol. The number of carbonyl (C=O) groups excluding carboxylic acids is 2. The summed E-state index contributed by atoms with van der Waals surface area (Å²) in [6.07, 6.45) is 0. The number of thioether (sulfide) groups is 1. The normalized spacial score (nSPS) is 11.3.